The first-order chi connectivity index (χ1) is 4.33. The summed E-state index contributed by atoms with van der Waals surface area (Å²) in [4.78, 5) is 7.77. The van der Waals surface area contributed by atoms with Crippen LogP contribution < -0.4 is 0 Å². The van der Waals surface area contributed by atoms with E-state index in [1.165, 1.54) is 6.20 Å². The van der Waals surface area contributed by atoms with E-state index in [9.17, 15) is 0 Å². The lowest BCUT2D eigenvalue weighted by atomic mass is 10.4. The fourth-order valence-electron chi connectivity index (χ4n) is 0.495. The lowest BCUT2D eigenvalue weighted by Gasteiger charge is -1.91. The van der Waals surface area contributed by atoms with Gasteiger partial charge in [0.15, 0.2) is 0 Å². The first-order valence-corrected chi connectivity index (χ1v) is 2.97. The minimum absolute atomic E-state index is 0.436. The van der Waals surface area contributed by atoms with E-state index < -0.39 is 0 Å². The largest absolute Gasteiger partial charge is 0.260 e. The Morgan fingerprint density at radius 3 is 2.78 bits per heavy atom. The van der Waals surface area contributed by atoms with Gasteiger partial charge in [-0.1, -0.05) is 18.5 Å². The van der Waals surface area contributed by atoms with Crippen molar-refractivity contribution in [3.05, 3.63) is 29.7 Å². The van der Waals surface area contributed by atoms with Gasteiger partial charge in [0, 0.05) is 12.6 Å². The number of hydrogen-bond acceptors (Lipinski definition) is 2. The zero-order chi connectivity index (χ0) is 6.69. The van der Waals surface area contributed by atoms with Crippen LogP contribution in [0.1, 0.15) is 12.6 Å². The highest BCUT2D eigenvalue weighted by Gasteiger charge is 1.90. The van der Waals surface area contributed by atoms with Crippen LogP contribution in [0.25, 0.3) is 0 Å². The fraction of sp³-hybridized carbons (Fsp3) is 0.167. The molecule has 3 heteroatoms. The maximum absolute atomic E-state index is 5.53. The van der Waals surface area contributed by atoms with Gasteiger partial charge < -0.3 is 0 Å². The standard InChI is InChI=1S/C6H6ClN2/c1-2-5-3-8-4-6(7)9-5/h2-4H,1H3. The summed E-state index contributed by atoms with van der Waals surface area (Å²) >= 11 is 5.53. The Hall–Kier alpha value is -0.630. The van der Waals surface area contributed by atoms with E-state index in [2.05, 4.69) is 9.97 Å². The fourth-order valence-corrected chi connectivity index (χ4v) is 0.649. The van der Waals surface area contributed by atoms with Crippen LogP contribution in [0.2, 0.25) is 5.15 Å². The van der Waals surface area contributed by atoms with Crippen LogP contribution in [0.5, 0.6) is 0 Å². The molecule has 47 valence electrons. The molecule has 1 radical (unpaired) electrons. The zero-order valence-electron chi connectivity index (χ0n) is 5.00. The van der Waals surface area contributed by atoms with Gasteiger partial charge in [-0.15, -0.1) is 0 Å². The summed E-state index contributed by atoms with van der Waals surface area (Å²) < 4.78 is 0. The van der Waals surface area contributed by atoms with Crippen molar-refractivity contribution in [2.75, 3.05) is 0 Å². The van der Waals surface area contributed by atoms with E-state index in [-0.39, 0.29) is 0 Å². The highest BCUT2D eigenvalue weighted by molar-refractivity contribution is 6.29. The maximum Gasteiger partial charge on any atom is 0.147 e. The smallest absolute Gasteiger partial charge is 0.147 e. The number of aromatic nitrogens is 2. The van der Waals surface area contributed by atoms with E-state index in [4.69, 9.17) is 11.6 Å². The van der Waals surface area contributed by atoms with Gasteiger partial charge in [-0.25, -0.2) is 4.98 Å². The topological polar surface area (TPSA) is 25.8 Å². The zero-order valence-corrected chi connectivity index (χ0v) is 5.76. The molecule has 0 N–H and O–H groups in total. The molecule has 0 aliphatic rings. The van der Waals surface area contributed by atoms with Gasteiger partial charge in [-0.2, -0.15) is 0 Å². The number of rotatable bonds is 1. The third-order valence-corrected chi connectivity index (χ3v) is 1.10. The summed E-state index contributed by atoms with van der Waals surface area (Å²) in [6, 6.07) is 0. The van der Waals surface area contributed by atoms with Crippen molar-refractivity contribution in [1.82, 2.24) is 9.97 Å². The van der Waals surface area contributed by atoms with Crippen molar-refractivity contribution in [3.63, 3.8) is 0 Å². The predicted molar refractivity (Wildman–Crippen MR) is 36.1 cm³/mol. The van der Waals surface area contributed by atoms with Crippen LogP contribution in [0, 0.1) is 6.42 Å². The van der Waals surface area contributed by atoms with Crippen molar-refractivity contribution < 1.29 is 0 Å². The van der Waals surface area contributed by atoms with Crippen LogP contribution in [0.15, 0.2) is 12.4 Å². The Bertz CT molecular complexity index is 200. The molecule has 1 heterocycles. The molecule has 0 bridgehead atoms. The molecule has 0 spiro atoms. The van der Waals surface area contributed by atoms with Crippen LogP contribution in [0.4, 0.5) is 0 Å². The normalized spacial score (nSPS) is 9.56. The van der Waals surface area contributed by atoms with Crippen LogP contribution in [0.3, 0.4) is 0 Å². The molecule has 0 saturated heterocycles. The van der Waals surface area contributed by atoms with E-state index in [1.807, 2.05) is 13.3 Å². The molecule has 9 heavy (non-hydrogen) atoms. The van der Waals surface area contributed by atoms with Crippen molar-refractivity contribution in [3.8, 4) is 0 Å². The molecule has 0 aromatic carbocycles. The van der Waals surface area contributed by atoms with Crippen LogP contribution in [-0.4, -0.2) is 9.97 Å². The Labute approximate surface area is 58.9 Å². The molecule has 1 aromatic rings. The second kappa shape index (κ2) is 2.78. The summed E-state index contributed by atoms with van der Waals surface area (Å²) in [7, 11) is 0. The summed E-state index contributed by atoms with van der Waals surface area (Å²) in [5.41, 5.74) is 0.808. The molecule has 1 rings (SSSR count). The van der Waals surface area contributed by atoms with E-state index >= 15 is 0 Å². The molecule has 0 unspecified atom stereocenters. The molecule has 0 aliphatic carbocycles. The van der Waals surface area contributed by atoms with Gasteiger partial charge >= 0.3 is 0 Å². The van der Waals surface area contributed by atoms with Crippen molar-refractivity contribution >= 4 is 11.6 Å². The lowest BCUT2D eigenvalue weighted by Crippen LogP contribution is -1.85. The van der Waals surface area contributed by atoms with Crippen molar-refractivity contribution in [1.29, 1.82) is 0 Å². The molecule has 1 aromatic heterocycles. The van der Waals surface area contributed by atoms with Crippen LogP contribution in [-0.2, 0) is 0 Å². The third-order valence-electron chi connectivity index (χ3n) is 0.920. The van der Waals surface area contributed by atoms with E-state index in [0.717, 1.165) is 5.69 Å². The second-order valence-corrected chi connectivity index (χ2v) is 1.94. The van der Waals surface area contributed by atoms with Gasteiger partial charge in [0.2, 0.25) is 0 Å². The summed E-state index contributed by atoms with van der Waals surface area (Å²) in [5.74, 6) is 0. The van der Waals surface area contributed by atoms with Crippen molar-refractivity contribution in [2.45, 2.75) is 6.92 Å². The third kappa shape index (κ3) is 1.64. The predicted octanol–water partition coefficient (Wildman–Crippen LogP) is 1.70. The summed E-state index contributed by atoms with van der Waals surface area (Å²) in [6.07, 6.45) is 5.01. The molecular weight excluding hydrogens is 136 g/mol. The Balaban J connectivity index is 2.94. The van der Waals surface area contributed by atoms with Gasteiger partial charge in [0.1, 0.15) is 5.15 Å². The Morgan fingerprint density at radius 1 is 1.56 bits per heavy atom. The minimum Gasteiger partial charge on any atom is -0.260 e. The monoisotopic (exact) mass is 141 g/mol. The number of nitrogens with zero attached hydrogens (tertiary/aromatic N) is 2. The highest BCUT2D eigenvalue weighted by atomic mass is 35.5. The molecule has 2 nitrogen and oxygen atoms in total. The molecule has 0 amide bonds. The first-order valence-electron chi connectivity index (χ1n) is 2.60. The second-order valence-electron chi connectivity index (χ2n) is 1.56. The van der Waals surface area contributed by atoms with Crippen molar-refractivity contribution in [2.24, 2.45) is 0 Å². The van der Waals surface area contributed by atoms with Crippen LogP contribution >= 0.6 is 11.6 Å². The van der Waals surface area contributed by atoms with Gasteiger partial charge in [-0.3, -0.25) is 4.98 Å². The minimum atomic E-state index is 0.436. The Kier molecular flexibility index (Phi) is 2.01. The summed E-state index contributed by atoms with van der Waals surface area (Å²) in [5, 5.41) is 0.436. The molecule has 0 aliphatic heterocycles. The highest BCUT2D eigenvalue weighted by Crippen LogP contribution is 2.02. The molecule has 0 fully saturated rings. The van der Waals surface area contributed by atoms with E-state index in [1.54, 1.807) is 6.20 Å². The summed E-state index contributed by atoms with van der Waals surface area (Å²) in [6.45, 7) is 1.89. The molecule has 0 saturated carbocycles. The van der Waals surface area contributed by atoms with Gasteiger partial charge in [0.05, 0.1) is 11.9 Å². The lowest BCUT2D eigenvalue weighted by molar-refractivity contribution is 1.12. The van der Waals surface area contributed by atoms with E-state index in [0.29, 0.717) is 5.15 Å². The van der Waals surface area contributed by atoms with Gasteiger partial charge in [0.25, 0.3) is 0 Å². The average molecular weight is 142 g/mol. The maximum atomic E-state index is 5.53. The molecule has 0 atom stereocenters. The first kappa shape index (κ1) is 6.49. The Morgan fingerprint density at radius 2 is 2.33 bits per heavy atom. The average Bonchev–Trinajstić information content (AvgIpc) is 1.88. The SMILES string of the molecule is C[CH]c1cncc(Cl)n1. The molecular formula is C6H6ClN2. The van der Waals surface area contributed by atoms with Gasteiger partial charge in [-0.05, 0) is 0 Å². The quantitative estimate of drug-likeness (QED) is 0.595. The number of hydrogen-bond donors (Lipinski definition) is 0. The number of halogens is 1.